The minimum Gasteiger partial charge on any atom is -0.368 e. The fourth-order valence-electron chi connectivity index (χ4n) is 4.06. The van der Waals surface area contributed by atoms with Crippen molar-refractivity contribution in [3.8, 4) is 0 Å². The van der Waals surface area contributed by atoms with Crippen LogP contribution in [-0.2, 0) is 9.53 Å². The Labute approximate surface area is 144 Å². The number of aromatic nitrogens is 3. The topological polar surface area (TPSA) is 60.2 Å². The van der Waals surface area contributed by atoms with Crippen molar-refractivity contribution in [3.63, 3.8) is 0 Å². The Balaban J connectivity index is 1.54. The Morgan fingerprint density at radius 2 is 2.00 bits per heavy atom. The summed E-state index contributed by atoms with van der Waals surface area (Å²) in [5, 5.41) is 4.49. The number of nitrogens with zero attached hydrogens (tertiary/aromatic N) is 4. The van der Waals surface area contributed by atoms with Crippen molar-refractivity contribution in [2.75, 3.05) is 19.7 Å². The van der Waals surface area contributed by atoms with Gasteiger partial charge >= 0.3 is 0 Å². The van der Waals surface area contributed by atoms with Crippen LogP contribution in [0.25, 0.3) is 0 Å². The first-order valence-corrected chi connectivity index (χ1v) is 9.33. The summed E-state index contributed by atoms with van der Waals surface area (Å²) in [5.41, 5.74) is 0. The summed E-state index contributed by atoms with van der Waals surface area (Å²) in [5.74, 6) is 2.41. The molecule has 1 aromatic heterocycles. The molecule has 0 unspecified atom stereocenters. The molecule has 0 spiro atoms. The molecule has 2 fully saturated rings. The zero-order chi connectivity index (χ0) is 17.1. The Morgan fingerprint density at radius 3 is 2.71 bits per heavy atom. The molecule has 0 N–H and O–H groups in total. The third kappa shape index (κ3) is 3.97. The maximum atomic E-state index is 12.6. The fraction of sp³-hybridized carbons (Fsp3) is 0.833. The van der Waals surface area contributed by atoms with Gasteiger partial charge in [-0.3, -0.25) is 4.79 Å². The van der Waals surface area contributed by atoms with Crippen molar-refractivity contribution in [2.45, 2.75) is 71.4 Å². The molecule has 1 amide bonds. The Hall–Kier alpha value is -1.43. The van der Waals surface area contributed by atoms with Gasteiger partial charge in [-0.15, -0.1) is 0 Å². The van der Waals surface area contributed by atoms with Crippen molar-refractivity contribution in [1.29, 1.82) is 0 Å². The van der Waals surface area contributed by atoms with Gasteiger partial charge in [0.05, 0.1) is 12.1 Å². The molecule has 24 heavy (non-hydrogen) atoms. The summed E-state index contributed by atoms with van der Waals surface area (Å²) in [6.07, 6.45) is 7.13. The van der Waals surface area contributed by atoms with Crippen LogP contribution in [0.1, 0.15) is 63.1 Å². The van der Waals surface area contributed by atoms with Crippen LogP contribution >= 0.6 is 0 Å². The molecule has 1 aliphatic carbocycles. The SMILES string of the molecule is Cc1nc(C)n([C@@H]2CCCN(C(=O)CO[C@H]3CCCC[C@@H]3C)C2)n1. The summed E-state index contributed by atoms with van der Waals surface area (Å²) < 4.78 is 7.94. The van der Waals surface area contributed by atoms with Gasteiger partial charge in [-0.2, -0.15) is 5.10 Å². The Morgan fingerprint density at radius 1 is 1.21 bits per heavy atom. The highest BCUT2D eigenvalue weighted by Crippen LogP contribution is 2.27. The summed E-state index contributed by atoms with van der Waals surface area (Å²) in [4.78, 5) is 18.9. The number of carbonyl (C=O) groups excluding carboxylic acids is 1. The van der Waals surface area contributed by atoms with E-state index in [9.17, 15) is 4.79 Å². The Bertz CT molecular complexity index is 571. The van der Waals surface area contributed by atoms with Gasteiger partial charge in [0.25, 0.3) is 0 Å². The lowest BCUT2D eigenvalue weighted by atomic mass is 9.88. The molecule has 0 bridgehead atoms. The van der Waals surface area contributed by atoms with Crippen LogP contribution in [-0.4, -0.2) is 51.4 Å². The Kier molecular flexibility index (Phi) is 5.54. The van der Waals surface area contributed by atoms with E-state index >= 15 is 0 Å². The molecule has 1 saturated carbocycles. The molecule has 1 aliphatic heterocycles. The number of ether oxygens (including phenoxy) is 1. The van der Waals surface area contributed by atoms with E-state index in [2.05, 4.69) is 17.0 Å². The van der Waals surface area contributed by atoms with Crippen molar-refractivity contribution in [2.24, 2.45) is 5.92 Å². The number of aryl methyl sites for hydroxylation is 2. The first-order chi connectivity index (χ1) is 11.5. The van der Waals surface area contributed by atoms with E-state index in [1.54, 1.807) is 0 Å². The fourth-order valence-corrected chi connectivity index (χ4v) is 4.06. The lowest BCUT2D eigenvalue weighted by Gasteiger charge is -2.34. The van der Waals surface area contributed by atoms with Crippen LogP contribution < -0.4 is 0 Å². The minimum absolute atomic E-state index is 0.118. The summed E-state index contributed by atoms with van der Waals surface area (Å²) in [6.45, 7) is 7.89. The molecule has 1 aromatic rings. The maximum absolute atomic E-state index is 12.6. The second-order valence-corrected chi connectivity index (χ2v) is 7.40. The average molecular weight is 334 g/mol. The van der Waals surface area contributed by atoms with Gasteiger partial charge in [0.2, 0.25) is 5.91 Å². The average Bonchev–Trinajstić information content (AvgIpc) is 2.92. The molecule has 0 radical (unpaired) electrons. The predicted molar refractivity (Wildman–Crippen MR) is 91.7 cm³/mol. The van der Waals surface area contributed by atoms with Crippen LogP contribution in [0.5, 0.6) is 0 Å². The van der Waals surface area contributed by atoms with E-state index in [4.69, 9.17) is 4.74 Å². The summed E-state index contributed by atoms with van der Waals surface area (Å²) in [7, 11) is 0. The smallest absolute Gasteiger partial charge is 0.248 e. The second kappa shape index (κ2) is 7.64. The van der Waals surface area contributed by atoms with Crippen LogP contribution in [0.3, 0.4) is 0 Å². The number of amides is 1. The quantitative estimate of drug-likeness (QED) is 0.849. The number of likely N-dealkylation sites (tertiary alicyclic amines) is 1. The van der Waals surface area contributed by atoms with E-state index < -0.39 is 0 Å². The zero-order valence-corrected chi connectivity index (χ0v) is 15.2. The third-order valence-corrected chi connectivity index (χ3v) is 5.46. The molecular weight excluding hydrogens is 304 g/mol. The van der Waals surface area contributed by atoms with E-state index in [0.717, 1.165) is 37.5 Å². The molecule has 2 heterocycles. The lowest BCUT2D eigenvalue weighted by Crippen LogP contribution is -2.43. The van der Waals surface area contributed by atoms with E-state index in [-0.39, 0.29) is 24.7 Å². The van der Waals surface area contributed by atoms with Crippen LogP contribution in [0, 0.1) is 19.8 Å². The van der Waals surface area contributed by atoms with Crippen LogP contribution in [0.2, 0.25) is 0 Å². The summed E-state index contributed by atoms with van der Waals surface area (Å²) in [6, 6.07) is 0.234. The molecule has 3 rings (SSSR count). The number of hydrogen-bond acceptors (Lipinski definition) is 4. The molecule has 0 aromatic carbocycles. The van der Waals surface area contributed by atoms with Gasteiger partial charge in [-0.05, 0) is 45.4 Å². The van der Waals surface area contributed by atoms with Crippen molar-refractivity contribution in [3.05, 3.63) is 11.6 Å². The molecule has 6 heteroatoms. The number of piperidine rings is 1. The van der Waals surface area contributed by atoms with Gasteiger partial charge in [0.1, 0.15) is 18.3 Å². The van der Waals surface area contributed by atoms with Gasteiger partial charge in [-0.1, -0.05) is 19.8 Å². The molecule has 3 atom stereocenters. The van der Waals surface area contributed by atoms with Gasteiger partial charge in [-0.25, -0.2) is 9.67 Å². The molecule has 6 nitrogen and oxygen atoms in total. The van der Waals surface area contributed by atoms with E-state index in [1.165, 1.54) is 19.3 Å². The number of carbonyl (C=O) groups is 1. The lowest BCUT2D eigenvalue weighted by molar-refractivity contribution is -0.141. The van der Waals surface area contributed by atoms with E-state index in [0.29, 0.717) is 12.5 Å². The van der Waals surface area contributed by atoms with Gasteiger partial charge < -0.3 is 9.64 Å². The first kappa shape index (κ1) is 17.4. The highest BCUT2D eigenvalue weighted by Gasteiger charge is 2.28. The first-order valence-electron chi connectivity index (χ1n) is 9.33. The summed E-state index contributed by atoms with van der Waals surface area (Å²) >= 11 is 0. The second-order valence-electron chi connectivity index (χ2n) is 7.40. The highest BCUT2D eigenvalue weighted by atomic mass is 16.5. The largest absolute Gasteiger partial charge is 0.368 e. The van der Waals surface area contributed by atoms with Crippen molar-refractivity contribution < 1.29 is 9.53 Å². The third-order valence-electron chi connectivity index (χ3n) is 5.46. The zero-order valence-electron chi connectivity index (χ0n) is 15.2. The maximum Gasteiger partial charge on any atom is 0.248 e. The van der Waals surface area contributed by atoms with Crippen molar-refractivity contribution in [1.82, 2.24) is 19.7 Å². The predicted octanol–water partition coefficient (Wildman–Crippen LogP) is 2.65. The van der Waals surface area contributed by atoms with Crippen molar-refractivity contribution >= 4 is 5.91 Å². The number of rotatable bonds is 4. The highest BCUT2D eigenvalue weighted by molar-refractivity contribution is 5.77. The molecule has 134 valence electrons. The molecule has 1 saturated heterocycles. The molecule has 2 aliphatic rings. The number of hydrogen-bond donors (Lipinski definition) is 0. The van der Waals surface area contributed by atoms with Gasteiger partial charge in [0, 0.05) is 13.1 Å². The normalized spacial score (nSPS) is 28.1. The van der Waals surface area contributed by atoms with E-state index in [1.807, 2.05) is 23.4 Å². The van der Waals surface area contributed by atoms with Crippen LogP contribution in [0.4, 0.5) is 0 Å². The minimum atomic E-state index is 0.118. The van der Waals surface area contributed by atoms with Gasteiger partial charge in [0.15, 0.2) is 0 Å². The molecular formula is C18H30N4O2. The standard InChI is InChI=1S/C18H30N4O2/c1-13-7-4-5-9-17(13)24-12-18(23)21-10-6-8-16(11-21)22-15(3)19-14(2)20-22/h13,16-17H,4-12H2,1-3H3/t13-,16+,17-/m0/s1. The monoisotopic (exact) mass is 334 g/mol. The van der Waals surface area contributed by atoms with Crippen LogP contribution in [0.15, 0.2) is 0 Å².